The molecule has 0 unspecified atom stereocenters. The van der Waals surface area contributed by atoms with Crippen molar-refractivity contribution in [1.29, 1.82) is 0 Å². The number of hydrogen-bond acceptors (Lipinski definition) is 5. The van der Waals surface area contributed by atoms with Gasteiger partial charge in [-0.15, -0.1) is 0 Å². The van der Waals surface area contributed by atoms with Crippen molar-refractivity contribution in [3.8, 4) is 11.5 Å². The summed E-state index contributed by atoms with van der Waals surface area (Å²) in [4.78, 5) is 23.1. The van der Waals surface area contributed by atoms with Crippen LogP contribution in [0.1, 0.15) is 15.9 Å². The molecular formula is C18H16O5. The summed E-state index contributed by atoms with van der Waals surface area (Å²) >= 11 is 0. The Morgan fingerprint density at radius 1 is 0.870 bits per heavy atom. The van der Waals surface area contributed by atoms with Gasteiger partial charge in [0, 0.05) is 6.08 Å². The average molecular weight is 312 g/mol. The molecule has 0 heterocycles. The van der Waals surface area contributed by atoms with Gasteiger partial charge in [0.1, 0.15) is 11.5 Å². The number of rotatable bonds is 5. The van der Waals surface area contributed by atoms with E-state index in [1.54, 1.807) is 25.3 Å². The molecule has 0 bridgehead atoms. The molecule has 0 amide bonds. The lowest BCUT2D eigenvalue weighted by molar-refractivity contribution is -0.128. The van der Waals surface area contributed by atoms with Crippen molar-refractivity contribution < 1.29 is 23.8 Å². The highest BCUT2D eigenvalue weighted by Crippen LogP contribution is 2.14. The minimum absolute atomic E-state index is 0.349. The molecule has 0 N–H and O–H groups in total. The Hall–Kier alpha value is -3.08. The van der Waals surface area contributed by atoms with Crippen molar-refractivity contribution in [3.05, 3.63) is 65.7 Å². The van der Waals surface area contributed by atoms with E-state index in [1.165, 1.54) is 37.5 Å². The van der Waals surface area contributed by atoms with Crippen LogP contribution in [0.3, 0.4) is 0 Å². The summed E-state index contributed by atoms with van der Waals surface area (Å²) in [5, 5.41) is 0. The second-order valence-corrected chi connectivity index (χ2v) is 4.54. The summed E-state index contributed by atoms with van der Waals surface area (Å²) in [6, 6.07) is 13.4. The number of ether oxygens (including phenoxy) is 3. The van der Waals surface area contributed by atoms with Gasteiger partial charge in [0.05, 0.1) is 19.8 Å². The standard InChI is InChI=1S/C18H16O5/c1-21-15-8-3-13(4-9-15)5-12-17(19)23-16-10-6-14(7-11-16)18(20)22-2/h3-12H,1-2H3/b12-5+. The Labute approximate surface area is 134 Å². The lowest BCUT2D eigenvalue weighted by Gasteiger charge is -2.03. The predicted octanol–water partition coefficient (Wildman–Crippen LogP) is 3.10. The smallest absolute Gasteiger partial charge is 0.337 e. The number of hydrogen-bond donors (Lipinski definition) is 0. The second kappa shape index (κ2) is 7.79. The largest absolute Gasteiger partial charge is 0.497 e. The maximum atomic E-state index is 11.8. The molecule has 5 nitrogen and oxygen atoms in total. The van der Waals surface area contributed by atoms with E-state index in [9.17, 15) is 9.59 Å². The van der Waals surface area contributed by atoms with E-state index in [0.717, 1.165) is 11.3 Å². The third kappa shape index (κ3) is 4.71. The molecule has 0 atom stereocenters. The first-order valence-electron chi connectivity index (χ1n) is 6.84. The van der Waals surface area contributed by atoms with E-state index in [1.807, 2.05) is 12.1 Å². The van der Waals surface area contributed by atoms with Crippen molar-refractivity contribution in [2.75, 3.05) is 14.2 Å². The van der Waals surface area contributed by atoms with Crippen LogP contribution >= 0.6 is 0 Å². The van der Waals surface area contributed by atoms with Crippen LogP contribution in [0.2, 0.25) is 0 Å². The van der Waals surface area contributed by atoms with Crippen molar-refractivity contribution in [2.24, 2.45) is 0 Å². The molecule has 0 saturated carbocycles. The molecule has 2 aromatic rings. The molecule has 0 saturated heterocycles. The number of carbonyl (C=O) groups is 2. The minimum Gasteiger partial charge on any atom is -0.497 e. The molecule has 2 rings (SSSR count). The van der Waals surface area contributed by atoms with Crippen LogP contribution in [0, 0.1) is 0 Å². The highest BCUT2D eigenvalue weighted by molar-refractivity contribution is 5.90. The van der Waals surface area contributed by atoms with E-state index in [0.29, 0.717) is 11.3 Å². The molecule has 0 aliphatic heterocycles. The lowest BCUT2D eigenvalue weighted by atomic mass is 10.2. The Morgan fingerprint density at radius 2 is 1.48 bits per heavy atom. The van der Waals surface area contributed by atoms with E-state index >= 15 is 0 Å². The first kappa shape index (κ1) is 16.3. The van der Waals surface area contributed by atoms with Crippen LogP contribution in [0.5, 0.6) is 11.5 Å². The quantitative estimate of drug-likeness (QED) is 0.482. The highest BCUT2D eigenvalue weighted by atomic mass is 16.5. The van der Waals surface area contributed by atoms with Crippen molar-refractivity contribution >= 4 is 18.0 Å². The molecule has 5 heteroatoms. The molecule has 0 radical (unpaired) electrons. The third-order valence-corrected chi connectivity index (χ3v) is 3.02. The molecule has 0 spiro atoms. The van der Waals surface area contributed by atoms with Gasteiger partial charge in [0.2, 0.25) is 0 Å². The van der Waals surface area contributed by atoms with Gasteiger partial charge in [-0.05, 0) is 48.0 Å². The normalized spacial score (nSPS) is 10.3. The van der Waals surface area contributed by atoms with Crippen molar-refractivity contribution in [3.63, 3.8) is 0 Å². The molecule has 23 heavy (non-hydrogen) atoms. The van der Waals surface area contributed by atoms with Gasteiger partial charge in [-0.3, -0.25) is 0 Å². The number of methoxy groups -OCH3 is 2. The Balaban J connectivity index is 1.95. The first-order valence-corrected chi connectivity index (χ1v) is 6.84. The maximum Gasteiger partial charge on any atom is 0.337 e. The van der Waals surface area contributed by atoms with Crippen LogP contribution in [0.25, 0.3) is 6.08 Å². The Kier molecular flexibility index (Phi) is 5.52. The lowest BCUT2D eigenvalue weighted by Crippen LogP contribution is -2.05. The monoisotopic (exact) mass is 312 g/mol. The summed E-state index contributed by atoms with van der Waals surface area (Å²) in [5.74, 6) is 0.145. The zero-order chi connectivity index (χ0) is 16.7. The maximum absolute atomic E-state index is 11.8. The first-order chi connectivity index (χ1) is 11.1. The van der Waals surface area contributed by atoms with Gasteiger partial charge in [-0.1, -0.05) is 12.1 Å². The highest BCUT2D eigenvalue weighted by Gasteiger charge is 2.06. The average Bonchev–Trinajstić information content (AvgIpc) is 2.60. The molecule has 0 aliphatic rings. The Morgan fingerprint density at radius 3 is 2.04 bits per heavy atom. The molecule has 2 aromatic carbocycles. The number of benzene rings is 2. The zero-order valence-electron chi connectivity index (χ0n) is 12.8. The summed E-state index contributed by atoms with van der Waals surface area (Å²) in [7, 11) is 2.90. The van der Waals surface area contributed by atoms with Crippen molar-refractivity contribution in [1.82, 2.24) is 0 Å². The molecule has 0 aliphatic carbocycles. The van der Waals surface area contributed by atoms with Crippen LogP contribution in [-0.2, 0) is 9.53 Å². The number of carbonyl (C=O) groups excluding carboxylic acids is 2. The van der Waals surface area contributed by atoms with Gasteiger partial charge >= 0.3 is 11.9 Å². The second-order valence-electron chi connectivity index (χ2n) is 4.54. The van der Waals surface area contributed by atoms with E-state index in [4.69, 9.17) is 9.47 Å². The van der Waals surface area contributed by atoms with Crippen molar-refractivity contribution in [2.45, 2.75) is 0 Å². The molecule has 0 aromatic heterocycles. The van der Waals surface area contributed by atoms with Gasteiger partial charge in [0.15, 0.2) is 0 Å². The Bertz CT molecular complexity index is 699. The summed E-state index contributed by atoms with van der Waals surface area (Å²) < 4.78 is 14.8. The summed E-state index contributed by atoms with van der Waals surface area (Å²) in [5.41, 5.74) is 1.24. The molecule has 0 fully saturated rings. The van der Waals surface area contributed by atoms with Crippen LogP contribution in [0.4, 0.5) is 0 Å². The fraction of sp³-hybridized carbons (Fsp3) is 0.111. The van der Waals surface area contributed by atoms with Gasteiger partial charge in [-0.2, -0.15) is 0 Å². The van der Waals surface area contributed by atoms with E-state index in [-0.39, 0.29) is 0 Å². The summed E-state index contributed by atoms with van der Waals surface area (Å²) in [6.07, 6.45) is 2.97. The molecular weight excluding hydrogens is 296 g/mol. The van der Waals surface area contributed by atoms with Gasteiger partial charge in [-0.25, -0.2) is 9.59 Å². The predicted molar refractivity (Wildman–Crippen MR) is 85.4 cm³/mol. The zero-order valence-corrected chi connectivity index (χ0v) is 12.8. The van der Waals surface area contributed by atoms with Gasteiger partial charge in [0.25, 0.3) is 0 Å². The topological polar surface area (TPSA) is 61.8 Å². The van der Waals surface area contributed by atoms with E-state index in [2.05, 4.69) is 4.74 Å². The number of esters is 2. The van der Waals surface area contributed by atoms with Gasteiger partial charge < -0.3 is 14.2 Å². The van der Waals surface area contributed by atoms with Crippen LogP contribution < -0.4 is 9.47 Å². The SMILES string of the molecule is COC(=O)c1ccc(OC(=O)/C=C/c2ccc(OC)cc2)cc1. The van der Waals surface area contributed by atoms with Crippen LogP contribution in [0.15, 0.2) is 54.6 Å². The fourth-order valence-electron chi connectivity index (χ4n) is 1.81. The molecule has 118 valence electrons. The van der Waals surface area contributed by atoms with E-state index < -0.39 is 11.9 Å². The fourth-order valence-corrected chi connectivity index (χ4v) is 1.81. The third-order valence-electron chi connectivity index (χ3n) is 3.02. The van der Waals surface area contributed by atoms with Crippen LogP contribution in [-0.4, -0.2) is 26.2 Å². The summed E-state index contributed by atoms with van der Waals surface area (Å²) in [6.45, 7) is 0. The minimum atomic E-state index is -0.508.